The lowest BCUT2D eigenvalue weighted by molar-refractivity contribution is 0.00578. The Bertz CT molecular complexity index is 499. The molecule has 6 nitrogen and oxygen atoms in total. The second-order valence-corrected chi connectivity index (χ2v) is 6.81. The van der Waals surface area contributed by atoms with Crippen LogP contribution in [0.5, 0.6) is 5.88 Å². The number of rotatable bonds is 4. The lowest BCUT2D eigenvalue weighted by atomic mass is 9.85. The van der Waals surface area contributed by atoms with Gasteiger partial charge in [-0.15, -0.1) is 0 Å². The lowest BCUT2D eigenvalue weighted by Crippen LogP contribution is -2.41. The van der Waals surface area contributed by atoms with Gasteiger partial charge in [0.2, 0.25) is 5.88 Å². The van der Waals surface area contributed by atoms with Crippen molar-refractivity contribution in [1.29, 1.82) is 0 Å². The van der Waals surface area contributed by atoms with Gasteiger partial charge in [0.15, 0.2) is 0 Å². The van der Waals surface area contributed by atoms with Crippen LogP contribution in [-0.2, 0) is 14.0 Å². The standard InChI is InChI=1S/C15H23BN2O4/c1-14(2)15(3,4)22-16(21-14)12-8-18-13(9-17-12)20-10-11-6-5-7-19-11/h8-9,11H,5-7,10H2,1-4H3. The van der Waals surface area contributed by atoms with Crippen LogP contribution in [0.2, 0.25) is 0 Å². The first-order chi connectivity index (χ1) is 10.4. The van der Waals surface area contributed by atoms with Crippen molar-refractivity contribution in [3.8, 4) is 5.88 Å². The normalized spacial score (nSPS) is 26.4. The number of nitrogens with zero attached hydrogens (tertiary/aromatic N) is 2. The smallest absolute Gasteiger partial charge is 0.474 e. The highest BCUT2D eigenvalue weighted by Gasteiger charge is 2.52. The van der Waals surface area contributed by atoms with Crippen molar-refractivity contribution in [3.63, 3.8) is 0 Å². The maximum Gasteiger partial charge on any atom is 0.516 e. The van der Waals surface area contributed by atoms with Crippen molar-refractivity contribution in [1.82, 2.24) is 9.97 Å². The summed E-state index contributed by atoms with van der Waals surface area (Å²) in [5, 5.41) is 0. The summed E-state index contributed by atoms with van der Waals surface area (Å²) in [4.78, 5) is 8.64. The molecule has 0 spiro atoms. The molecular weight excluding hydrogens is 283 g/mol. The highest BCUT2D eigenvalue weighted by Crippen LogP contribution is 2.36. The first kappa shape index (κ1) is 15.7. The van der Waals surface area contributed by atoms with Gasteiger partial charge >= 0.3 is 7.12 Å². The monoisotopic (exact) mass is 306 g/mol. The van der Waals surface area contributed by atoms with Gasteiger partial charge < -0.3 is 18.8 Å². The molecule has 2 saturated heterocycles. The molecule has 3 rings (SSSR count). The van der Waals surface area contributed by atoms with Crippen LogP contribution >= 0.6 is 0 Å². The number of hydrogen-bond acceptors (Lipinski definition) is 6. The first-order valence-electron chi connectivity index (χ1n) is 7.79. The van der Waals surface area contributed by atoms with Gasteiger partial charge in [0, 0.05) is 12.8 Å². The molecule has 0 aromatic carbocycles. The maximum absolute atomic E-state index is 5.95. The predicted octanol–water partition coefficient (Wildman–Crippen LogP) is 1.33. The number of ether oxygens (including phenoxy) is 2. The van der Waals surface area contributed by atoms with Crippen molar-refractivity contribution in [2.24, 2.45) is 0 Å². The van der Waals surface area contributed by atoms with E-state index in [1.54, 1.807) is 12.4 Å². The number of aromatic nitrogens is 2. The van der Waals surface area contributed by atoms with Gasteiger partial charge in [-0.2, -0.15) is 0 Å². The van der Waals surface area contributed by atoms with Crippen molar-refractivity contribution < 1.29 is 18.8 Å². The van der Waals surface area contributed by atoms with Crippen LogP contribution < -0.4 is 10.3 Å². The zero-order valence-corrected chi connectivity index (χ0v) is 13.7. The number of hydrogen-bond donors (Lipinski definition) is 0. The second kappa shape index (κ2) is 5.79. The average molecular weight is 306 g/mol. The van der Waals surface area contributed by atoms with E-state index < -0.39 is 7.12 Å². The SMILES string of the molecule is CC1(C)OB(c2cnc(OCC3CCCO3)cn2)OC1(C)C. The molecule has 1 aromatic heterocycles. The van der Waals surface area contributed by atoms with E-state index in [2.05, 4.69) is 9.97 Å². The minimum Gasteiger partial charge on any atom is -0.474 e. The third kappa shape index (κ3) is 3.11. The molecule has 1 atom stereocenters. The molecule has 1 aromatic rings. The Labute approximate surface area is 131 Å². The van der Waals surface area contributed by atoms with Gasteiger partial charge in [0.1, 0.15) is 6.61 Å². The van der Waals surface area contributed by atoms with Crippen LogP contribution in [0.4, 0.5) is 0 Å². The molecule has 2 aliphatic rings. The molecular formula is C15H23BN2O4. The van der Waals surface area contributed by atoms with E-state index in [0.717, 1.165) is 19.4 Å². The van der Waals surface area contributed by atoms with Crippen molar-refractivity contribution >= 4 is 12.7 Å². The van der Waals surface area contributed by atoms with E-state index >= 15 is 0 Å². The fourth-order valence-corrected chi connectivity index (χ4v) is 2.44. The topological polar surface area (TPSA) is 62.7 Å². The molecule has 0 N–H and O–H groups in total. The van der Waals surface area contributed by atoms with Gasteiger partial charge in [-0.25, -0.2) is 4.98 Å². The molecule has 0 amide bonds. The summed E-state index contributed by atoms with van der Waals surface area (Å²) in [5.74, 6) is 0.496. The molecule has 1 unspecified atom stereocenters. The van der Waals surface area contributed by atoms with Crippen LogP contribution in [0.15, 0.2) is 12.4 Å². The highest BCUT2D eigenvalue weighted by atomic mass is 16.7. The Hall–Kier alpha value is -1.18. The molecule has 2 fully saturated rings. The van der Waals surface area contributed by atoms with E-state index in [4.69, 9.17) is 18.8 Å². The predicted molar refractivity (Wildman–Crippen MR) is 82.2 cm³/mol. The summed E-state index contributed by atoms with van der Waals surface area (Å²) in [6, 6.07) is 0. The van der Waals surface area contributed by atoms with Gasteiger partial charge in [-0.05, 0) is 40.5 Å². The molecule has 2 aliphatic heterocycles. The Balaban J connectivity index is 1.60. The summed E-state index contributed by atoms with van der Waals surface area (Å²) in [7, 11) is -0.496. The molecule has 0 bridgehead atoms. The summed E-state index contributed by atoms with van der Waals surface area (Å²) in [6.45, 7) is 9.39. The first-order valence-corrected chi connectivity index (χ1v) is 7.79. The van der Waals surface area contributed by atoms with E-state index in [1.807, 2.05) is 27.7 Å². The second-order valence-electron chi connectivity index (χ2n) is 6.81. The minimum absolute atomic E-state index is 0.171. The quantitative estimate of drug-likeness (QED) is 0.782. The summed E-state index contributed by atoms with van der Waals surface area (Å²) >= 11 is 0. The lowest BCUT2D eigenvalue weighted by Gasteiger charge is -2.32. The Kier molecular flexibility index (Phi) is 4.14. The molecule has 0 saturated carbocycles. The Morgan fingerprint density at radius 1 is 1.18 bits per heavy atom. The van der Waals surface area contributed by atoms with E-state index in [1.165, 1.54) is 0 Å². The maximum atomic E-state index is 5.95. The molecule has 22 heavy (non-hydrogen) atoms. The summed E-state index contributed by atoms with van der Waals surface area (Å²) in [5.41, 5.74) is -0.106. The van der Waals surface area contributed by atoms with Crippen LogP contribution in [0, 0.1) is 0 Å². The molecule has 0 aliphatic carbocycles. The largest absolute Gasteiger partial charge is 0.516 e. The zero-order valence-electron chi connectivity index (χ0n) is 13.7. The molecule has 120 valence electrons. The van der Waals surface area contributed by atoms with Crippen LogP contribution in [0.1, 0.15) is 40.5 Å². The molecule has 7 heteroatoms. The van der Waals surface area contributed by atoms with Crippen LogP contribution in [-0.4, -0.2) is 47.6 Å². The third-order valence-corrected chi connectivity index (χ3v) is 4.58. The summed E-state index contributed by atoms with van der Waals surface area (Å²) in [6.07, 6.45) is 5.56. The van der Waals surface area contributed by atoms with Crippen molar-refractivity contribution in [3.05, 3.63) is 12.4 Å². The summed E-state index contributed by atoms with van der Waals surface area (Å²) < 4.78 is 23.0. The third-order valence-electron chi connectivity index (χ3n) is 4.58. The van der Waals surface area contributed by atoms with E-state index in [0.29, 0.717) is 18.1 Å². The van der Waals surface area contributed by atoms with Gasteiger partial charge in [0.25, 0.3) is 0 Å². The zero-order chi connectivity index (χ0) is 15.8. The van der Waals surface area contributed by atoms with Gasteiger partial charge in [0.05, 0.1) is 29.1 Å². The fourth-order valence-electron chi connectivity index (χ4n) is 2.44. The van der Waals surface area contributed by atoms with Crippen LogP contribution in [0.25, 0.3) is 0 Å². The Morgan fingerprint density at radius 3 is 2.45 bits per heavy atom. The average Bonchev–Trinajstić information content (AvgIpc) is 3.04. The van der Waals surface area contributed by atoms with E-state index in [9.17, 15) is 0 Å². The molecule has 3 heterocycles. The van der Waals surface area contributed by atoms with Crippen molar-refractivity contribution in [2.75, 3.05) is 13.2 Å². The fraction of sp³-hybridized carbons (Fsp3) is 0.733. The highest BCUT2D eigenvalue weighted by molar-refractivity contribution is 6.61. The Morgan fingerprint density at radius 2 is 1.91 bits per heavy atom. The minimum atomic E-state index is -0.496. The van der Waals surface area contributed by atoms with Crippen molar-refractivity contribution in [2.45, 2.75) is 57.8 Å². The van der Waals surface area contributed by atoms with Crippen LogP contribution in [0.3, 0.4) is 0 Å². The molecule has 0 radical (unpaired) electrons. The van der Waals surface area contributed by atoms with Gasteiger partial charge in [-0.3, -0.25) is 4.98 Å². The van der Waals surface area contributed by atoms with E-state index in [-0.39, 0.29) is 17.3 Å². The van der Waals surface area contributed by atoms with Gasteiger partial charge in [-0.1, -0.05) is 0 Å².